The van der Waals surface area contributed by atoms with Crippen molar-refractivity contribution in [2.45, 2.75) is 89.3 Å². The van der Waals surface area contributed by atoms with Gasteiger partial charge in [0.1, 0.15) is 0 Å². The van der Waals surface area contributed by atoms with Crippen molar-refractivity contribution in [3.05, 3.63) is 23.8 Å². The minimum atomic E-state index is -0.333. The van der Waals surface area contributed by atoms with E-state index in [-0.39, 0.29) is 18.1 Å². The molecule has 3 heteroatoms. The van der Waals surface area contributed by atoms with E-state index in [9.17, 15) is 10.2 Å². The second kappa shape index (κ2) is 10.9. The van der Waals surface area contributed by atoms with Crippen LogP contribution < -0.4 is 0 Å². The lowest BCUT2D eigenvalue weighted by Gasteiger charge is -2.23. The predicted octanol–water partition coefficient (Wildman–Crippen LogP) is 4.94. The molecule has 3 aliphatic rings. The van der Waals surface area contributed by atoms with E-state index in [0.29, 0.717) is 17.8 Å². The van der Waals surface area contributed by atoms with Crippen molar-refractivity contribution < 1.29 is 10.2 Å². The fourth-order valence-electron chi connectivity index (χ4n) is 5.85. The first-order chi connectivity index (χ1) is 13.5. The Kier molecular flexibility index (Phi) is 8.62. The molecular weight excluding hydrogens is 346 g/mol. The van der Waals surface area contributed by atoms with Gasteiger partial charge in [-0.15, -0.1) is 0 Å². The summed E-state index contributed by atoms with van der Waals surface area (Å²) in [5, 5.41) is 21.0. The number of rotatable bonds is 10. The maximum atomic E-state index is 10.5. The number of hydrogen-bond acceptors (Lipinski definition) is 3. The molecule has 0 radical (unpaired) electrons. The predicted molar refractivity (Wildman–Crippen MR) is 117 cm³/mol. The summed E-state index contributed by atoms with van der Waals surface area (Å²) in [5.41, 5.74) is 1.62. The monoisotopic (exact) mass is 389 g/mol. The molecule has 3 aliphatic carbocycles. The minimum Gasteiger partial charge on any atom is -0.392 e. The first-order valence-corrected chi connectivity index (χ1v) is 11.9. The summed E-state index contributed by atoms with van der Waals surface area (Å²) in [6.45, 7) is 1.19. The highest BCUT2D eigenvalue weighted by atomic mass is 16.3. The van der Waals surface area contributed by atoms with Crippen molar-refractivity contribution in [1.29, 1.82) is 0 Å². The average Bonchev–Trinajstić information content (AvgIpc) is 3.16. The number of hydrogen-bond donors (Lipinski definition) is 2. The van der Waals surface area contributed by atoms with Crippen molar-refractivity contribution in [3.63, 3.8) is 0 Å². The third kappa shape index (κ3) is 6.43. The Hall–Kier alpha value is -0.640. The molecule has 0 bridgehead atoms. The van der Waals surface area contributed by atoms with Crippen LogP contribution in [0.5, 0.6) is 0 Å². The molecule has 0 unspecified atom stereocenters. The van der Waals surface area contributed by atoms with E-state index in [1.54, 1.807) is 5.57 Å². The molecule has 160 valence electrons. The molecule has 0 aromatic carbocycles. The van der Waals surface area contributed by atoms with Crippen LogP contribution in [-0.2, 0) is 0 Å². The second-order valence-corrected chi connectivity index (χ2v) is 10.0. The molecule has 0 saturated heterocycles. The fraction of sp³-hybridized carbons (Fsp3) is 0.840. The largest absolute Gasteiger partial charge is 0.392 e. The van der Waals surface area contributed by atoms with Gasteiger partial charge in [0.15, 0.2) is 0 Å². The molecule has 0 amide bonds. The van der Waals surface area contributed by atoms with Gasteiger partial charge in [0.05, 0.1) is 12.2 Å². The normalized spacial score (nSPS) is 32.2. The van der Waals surface area contributed by atoms with Crippen LogP contribution in [0.2, 0.25) is 0 Å². The van der Waals surface area contributed by atoms with Gasteiger partial charge in [0.25, 0.3) is 0 Å². The number of allylic oxidation sites excluding steroid dienone is 2. The van der Waals surface area contributed by atoms with Crippen LogP contribution in [0.25, 0.3) is 0 Å². The van der Waals surface area contributed by atoms with Crippen LogP contribution in [0.15, 0.2) is 23.8 Å². The fourth-order valence-corrected chi connectivity index (χ4v) is 5.85. The quantitative estimate of drug-likeness (QED) is 0.411. The van der Waals surface area contributed by atoms with Gasteiger partial charge in [0, 0.05) is 5.92 Å². The lowest BCUT2D eigenvalue weighted by atomic mass is 9.84. The highest BCUT2D eigenvalue weighted by Crippen LogP contribution is 2.48. The van der Waals surface area contributed by atoms with Crippen LogP contribution in [0.4, 0.5) is 0 Å². The Morgan fingerprint density at radius 2 is 1.93 bits per heavy atom. The molecule has 28 heavy (non-hydrogen) atoms. The number of unbranched alkanes of at least 4 members (excludes halogenated alkanes) is 2. The number of nitrogens with zero attached hydrogens (tertiary/aromatic N) is 1. The summed E-state index contributed by atoms with van der Waals surface area (Å²) in [4.78, 5) is 2.26. The lowest BCUT2D eigenvalue weighted by Crippen LogP contribution is -2.19. The molecule has 3 nitrogen and oxygen atoms in total. The standard InChI is InChI=1S/C25H43NO2/c1-26(2)14-8-4-7-11-20-15-21-18-25(28)23(24(21)17-20)13-12-22(27)16-19-9-5-3-6-10-19/h12-13,15,19,21-25,27-28H,3-11,14,16-18H2,1-2H3/t21-,22+,23+,24-,25+/m0/s1. The molecule has 2 fully saturated rings. The van der Waals surface area contributed by atoms with Crippen LogP contribution >= 0.6 is 0 Å². The average molecular weight is 390 g/mol. The topological polar surface area (TPSA) is 43.7 Å². The van der Waals surface area contributed by atoms with E-state index in [4.69, 9.17) is 0 Å². The maximum Gasteiger partial charge on any atom is 0.0723 e. The van der Waals surface area contributed by atoms with Crippen LogP contribution in [0, 0.1) is 23.7 Å². The van der Waals surface area contributed by atoms with Crippen molar-refractivity contribution >= 4 is 0 Å². The Balaban J connectivity index is 1.42. The summed E-state index contributed by atoms with van der Waals surface area (Å²) in [6.07, 6.45) is 20.8. The van der Waals surface area contributed by atoms with E-state index in [1.165, 1.54) is 64.3 Å². The Morgan fingerprint density at radius 1 is 1.14 bits per heavy atom. The zero-order chi connectivity index (χ0) is 19.9. The van der Waals surface area contributed by atoms with Gasteiger partial charge < -0.3 is 15.1 Å². The van der Waals surface area contributed by atoms with Gasteiger partial charge in [0.2, 0.25) is 0 Å². The molecule has 2 saturated carbocycles. The summed E-state index contributed by atoms with van der Waals surface area (Å²) in [6, 6.07) is 0. The smallest absolute Gasteiger partial charge is 0.0723 e. The maximum absolute atomic E-state index is 10.5. The molecule has 0 heterocycles. The summed E-state index contributed by atoms with van der Waals surface area (Å²) in [7, 11) is 4.29. The van der Waals surface area contributed by atoms with E-state index < -0.39 is 0 Å². The zero-order valence-electron chi connectivity index (χ0n) is 18.2. The van der Waals surface area contributed by atoms with Crippen molar-refractivity contribution in [3.8, 4) is 0 Å². The number of aliphatic hydroxyl groups excluding tert-OH is 2. The Bertz CT molecular complexity index is 521. The molecule has 0 aromatic heterocycles. The van der Waals surface area contributed by atoms with Crippen LogP contribution in [0.1, 0.15) is 77.0 Å². The molecule has 0 aliphatic heterocycles. The van der Waals surface area contributed by atoms with Gasteiger partial charge >= 0.3 is 0 Å². The van der Waals surface area contributed by atoms with Crippen LogP contribution in [-0.4, -0.2) is 48.0 Å². The van der Waals surface area contributed by atoms with Crippen molar-refractivity contribution in [2.24, 2.45) is 23.7 Å². The number of fused-ring (bicyclic) bond motifs is 1. The summed E-state index contributed by atoms with van der Waals surface area (Å²) >= 11 is 0. The highest BCUT2D eigenvalue weighted by Gasteiger charge is 2.43. The van der Waals surface area contributed by atoms with Gasteiger partial charge in [-0.3, -0.25) is 0 Å². The first kappa shape index (κ1) is 22.1. The summed E-state index contributed by atoms with van der Waals surface area (Å²) < 4.78 is 0. The third-order valence-electron chi connectivity index (χ3n) is 7.41. The van der Waals surface area contributed by atoms with E-state index in [1.807, 2.05) is 6.08 Å². The van der Waals surface area contributed by atoms with E-state index >= 15 is 0 Å². The van der Waals surface area contributed by atoms with Crippen molar-refractivity contribution in [2.75, 3.05) is 20.6 Å². The molecule has 5 atom stereocenters. The van der Waals surface area contributed by atoms with Gasteiger partial charge in [-0.1, -0.05) is 62.3 Å². The molecule has 0 aromatic rings. The van der Waals surface area contributed by atoms with Gasteiger partial charge in [-0.2, -0.15) is 0 Å². The van der Waals surface area contributed by atoms with E-state index in [0.717, 1.165) is 19.3 Å². The zero-order valence-corrected chi connectivity index (χ0v) is 18.2. The van der Waals surface area contributed by atoms with Gasteiger partial charge in [-0.25, -0.2) is 0 Å². The summed E-state index contributed by atoms with van der Waals surface area (Å²) in [5.74, 6) is 2.04. The Labute approximate surface area is 172 Å². The highest BCUT2D eigenvalue weighted by molar-refractivity contribution is 5.21. The van der Waals surface area contributed by atoms with Gasteiger partial charge in [-0.05, 0) is 76.9 Å². The van der Waals surface area contributed by atoms with Crippen molar-refractivity contribution in [1.82, 2.24) is 4.90 Å². The van der Waals surface area contributed by atoms with Crippen LogP contribution in [0.3, 0.4) is 0 Å². The van der Waals surface area contributed by atoms with E-state index in [2.05, 4.69) is 31.1 Å². The molecule has 2 N–H and O–H groups in total. The third-order valence-corrected chi connectivity index (χ3v) is 7.41. The number of aliphatic hydroxyl groups is 2. The second-order valence-electron chi connectivity index (χ2n) is 10.0. The molecule has 0 spiro atoms. The minimum absolute atomic E-state index is 0.230. The first-order valence-electron chi connectivity index (χ1n) is 11.9. The molecule has 3 rings (SSSR count). The lowest BCUT2D eigenvalue weighted by molar-refractivity contribution is 0.138. The molecular formula is C25H43NO2. The SMILES string of the molecule is CN(C)CCCCCC1=C[C@H]2C[C@@H](O)[C@H](C=C[C@@H](O)CC3CCCCC3)[C@H]2C1. The Morgan fingerprint density at radius 3 is 2.68 bits per heavy atom.